The molecule has 0 saturated carbocycles. The molecule has 2 aromatic carbocycles. The van der Waals surface area contributed by atoms with Crippen LogP contribution in [0.15, 0.2) is 36.4 Å². The van der Waals surface area contributed by atoms with E-state index in [-0.39, 0.29) is 12.6 Å². The van der Waals surface area contributed by atoms with Crippen LogP contribution in [0.3, 0.4) is 0 Å². The number of nitrogens with zero attached hydrogens (tertiary/aromatic N) is 2. The summed E-state index contributed by atoms with van der Waals surface area (Å²) >= 11 is 0. The predicted octanol–water partition coefficient (Wildman–Crippen LogP) is 7.04. The Morgan fingerprint density at radius 2 is 1.43 bits per heavy atom. The first-order valence-corrected chi connectivity index (χ1v) is 11.0. The molecule has 2 aromatic rings. The highest BCUT2D eigenvalue weighted by atomic mass is 19.4. The summed E-state index contributed by atoms with van der Waals surface area (Å²) in [6.07, 6.45) is -9.89. The summed E-state index contributed by atoms with van der Waals surface area (Å²) in [5.41, 5.74) is -2.16. The van der Waals surface area contributed by atoms with Gasteiger partial charge in [-0.25, -0.2) is 4.79 Å². The molecule has 194 valence electrons. The van der Waals surface area contributed by atoms with E-state index in [1.807, 2.05) is 13.8 Å². The van der Waals surface area contributed by atoms with Gasteiger partial charge in [0.15, 0.2) is 0 Å². The molecular formula is C24H28F6N2O3. The van der Waals surface area contributed by atoms with Gasteiger partial charge < -0.3 is 14.7 Å². The van der Waals surface area contributed by atoms with Crippen LogP contribution in [-0.2, 0) is 25.4 Å². The van der Waals surface area contributed by atoms with Gasteiger partial charge in [0.05, 0.1) is 24.8 Å². The summed E-state index contributed by atoms with van der Waals surface area (Å²) in [6.45, 7) is 4.41. The highest BCUT2D eigenvalue weighted by Gasteiger charge is 2.37. The molecule has 5 nitrogen and oxygen atoms in total. The highest BCUT2D eigenvalue weighted by Crippen LogP contribution is 2.37. The maximum absolute atomic E-state index is 13.2. The summed E-state index contributed by atoms with van der Waals surface area (Å²) < 4.78 is 84.6. The zero-order chi connectivity index (χ0) is 26.4. The molecule has 0 saturated heterocycles. The molecule has 0 aromatic heterocycles. The number of anilines is 1. The zero-order valence-corrected chi connectivity index (χ0v) is 19.6. The second kappa shape index (κ2) is 11.5. The average Bonchev–Trinajstić information content (AvgIpc) is 2.77. The van der Waals surface area contributed by atoms with E-state index in [0.717, 1.165) is 23.4 Å². The van der Waals surface area contributed by atoms with Gasteiger partial charge in [-0.3, -0.25) is 4.90 Å². The number of carboxylic acid groups (broad SMARTS) is 1. The van der Waals surface area contributed by atoms with E-state index in [0.29, 0.717) is 36.5 Å². The van der Waals surface area contributed by atoms with Crippen molar-refractivity contribution in [3.63, 3.8) is 0 Å². The van der Waals surface area contributed by atoms with Crippen LogP contribution >= 0.6 is 0 Å². The molecule has 1 amide bonds. The van der Waals surface area contributed by atoms with E-state index in [1.54, 1.807) is 18.2 Å². The molecule has 0 heterocycles. The van der Waals surface area contributed by atoms with Gasteiger partial charge in [-0.2, -0.15) is 26.3 Å². The van der Waals surface area contributed by atoms with Gasteiger partial charge in [-0.05, 0) is 60.4 Å². The first kappa shape index (κ1) is 28.1. The Morgan fingerprint density at radius 3 is 1.86 bits per heavy atom. The zero-order valence-electron chi connectivity index (χ0n) is 19.6. The Kier molecular flexibility index (Phi) is 9.28. The Hall–Kier alpha value is -3.11. The van der Waals surface area contributed by atoms with Crippen molar-refractivity contribution >= 4 is 11.8 Å². The topological polar surface area (TPSA) is 53.0 Å². The standard InChI is InChI=1S/C24H28F6N2O3/c1-4-8-31(9-5-2)21-7-6-20(35-3)12-17(21)15-32(22(33)34)14-16-10-18(23(25,26)27)13-19(11-16)24(28,29)30/h6-7,10-13H,4-5,8-9,14-15H2,1-3H3,(H,33,34). The molecule has 11 heteroatoms. The van der Waals surface area contributed by atoms with E-state index < -0.39 is 41.7 Å². The van der Waals surface area contributed by atoms with E-state index in [9.17, 15) is 36.2 Å². The Balaban J connectivity index is 2.50. The third kappa shape index (κ3) is 7.69. The Bertz CT molecular complexity index is 969. The van der Waals surface area contributed by atoms with Crippen LogP contribution in [0, 0.1) is 0 Å². The van der Waals surface area contributed by atoms with Gasteiger partial charge in [0, 0.05) is 25.3 Å². The lowest BCUT2D eigenvalue weighted by molar-refractivity contribution is -0.143. The van der Waals surface area contributed by atoms with Crippen LogP contribution in [0.2, 0.25) is 0 Å². The van der Waals surface area contributed by atoms with Crippen molar-refractivity contribution in [3.8, 4) is 5.75 Å². The second-order valence-corrected chi connectivity index (χ2v) is 8.03. The van der Waals surface area contributed by atoms with Gasteiger partial charge in [0.2, 0.25) is 0 Å². The SMILES string of the molecule is CCCN(CCC)c1ccc(OC)cc1CN(Cc1cc(C(F)(F)F)cc(C(F)(F)F)c1)C(=O)O. The van der Waals surface area contributed by atoms with Crippen molar-refractivity contribution in [2.45, 2.75) is 52.1 Å². The first-order chi connectivity index (χ1) is 16.3. The number of carbonyl (C=O) groups is 1. The average molecular weight is 506 g/mol. The maximum Gasteiger partial charge on any atom is 0.416 e. The molecule has 2 rings (SSSR count). The summed E-state index contributed by atoms with van der Waals surface area (Å²) in [5, 5.41) is 9.75. The number of hydrogen-bond donors (Lipinski definition) is 1. The number of alkyl halides is 6. The number of amides is 1. The monoisotopic (exact) mass is 506 g/mol. The van der Waals surface area contributed by atoms with Gasteiger partial charge in [0.1, 0.15) is 5.75 Å². The molecule has 0 spiro atoms. The Labute approximate surface area is 199 Å². The summed E-state index contributed by atoms with van der Waals surface area (Å²) in [7, 11) is 1.44. The highest BCUT2D eigenvalue weighted by molar-refractivity contribution is 5.66. The van der Waals surface area contributed by atoms with Gasteiger partial charge >= 0.3 is 18.4 Å². The minimum atomic E-state index is -5.02. The summed E-state index contributed by atoms with van der Waals surface area (Å²) in [5.74, 6) is 0.445. The van der Waals surface area contributed by atoms with Crippen LogP contribution in [0.1, 0.15) is 48.9 Å². The lowest BCUT2D eigenvalue weighted by atomic mass is 10.0. The molecule has 0 atom stereocenters. The molecule has 0 aliphatic rings. The maximum atomic E-state index is 13.2. The number of benzene rings is 2. The van der Waals surface area contributed by atoms with E-state index in [2.05, 4.69) is 4.90 Å². The molecule has 0 bridgehead atoms. The predicted molar refractivity (Wildman–Crippen MR) is 120 cm³/mol. The van der Waals surface area contributed by atoms with Crippen LogP contribution in [0.5, 0.6) is 5.75 Å². The molecule has 35 heavy (non-hydrogen) atoms. The minimum Gasteiger partial charge on any atom is -0.497 e. The number of hydrogen-bond acceptors (Lipinski definition) is 3. The molecule has 0 unspecified atom stereocenters. The van der Waals surface area contributed by atoms with Crippen molar-refractivity contribution in [1.29, 1.82) is 0 Å². The van der Waals surface area contributed by atoms with Crippen molar-refractivity contribution < 1.29 is 41.0 Å². The van der Waals surface area contributed by atoms with E-state index in [1.165, 1.54) is 7.11 Å². The fourth-order valence-electron chi connectivity index (χ4n) is 3.74. The van der Waals surface area contributed by atoms with Gasteiger partial charge in [0.25, 0.3) is 0 Å². The normalized spacial score (nSPS) is 11.9. The van der Waals surface area contributed by atoms with Crippen molar-refractivity contribution in [3.05, 3.63) is 58.7 Å². The van der Waals surface area contributed by atoms with Crippen LogP contribution in [0.25, 0.3) is 0 Å². The summed E-state index contributed by atoms with van der Waals surface area (Å²) in [6, 6.07) is 6.20. The number of halogens is 6. The van der Waals surface area contributed by atoms with Crippen molar-refractivity contribution in [2.24, 2.45) is 0 Å². The smallest absolute Gasteiger partial charge is 0.416 e. The molecular weight excluding hydrogens is 478 g/mol. The fraction of sp³-hybridized carbons (Fsp3) is 0.458. The quantitative estimate of drug-likeness (QED) is 0.351. The van der Waals surface area contributed by atoms with Crippen molar-refractivity contribution in [1.82, 2.24) is 4.90 Å². The number of ether oxygens (including phenoxy) is 1. The van der Waals surface area contributed by atoms with Crippen LogP contribution in [-0.4, -0.2) is 36.3 Å². The fourth-order valence-corrected chi connectivity index (χ4v) is 3.74. The molecule has 0 aliphatic heterocycles. The lowest BCUT2D eigenvalue weighted by Gasteiger charge is -2.29. The number of methoxy groups -OCH3 is 1. The molecule has 0 fully saturated rings. The molecule has 0 aliphatic carbocycles. The van der Waals surface area contributed by atoms with E-state index >= 15 is 0 Å². The third-order valence-corrected chi connectivity index (χ3v) is 5.27. The third-order valence-electron chi connectivity index (χ3n) is 5.27. The van der Waals surface area contributed by atoms with Crippen molar-refractivity contribution in [2.75, 3.05) is 25.1 Å². The first-order valence-electron chi connectivity index (χ1n) is 11.0. The largest absolute Gasteiger partial charge is 0.497 e. The number of rotatable bonds is 10. The second-order valence-electron chi connectivity index (χ2n) is 8.03. The Morgan fingerprint density at radius 1 is 0.886 bits per heavy atom. The van der Waals surface area contributed by atoms with Crippen LogP contribution < -0.4 is 9.64 Å². The van der Waals surface area contributed by atoms with Gasteiger partial charge in [-0.15, -0.1) is 0 Å². The van der Waals surface area contributed by atoms with Gasteiger partial charge in [-0.1, -0.05) is 13.8 Å². The minimum absolute atomic E-state index is 0.0160. The van der Waals surface area contributed by atoms with Crippen LogP contribution in [0.4, 0.5) is 36.8 Å². The molecule has 1 N–H and O–H groups in total. The van der Waals surface area contributed by atoms with E-state index in [4.69, 9.17) is 4.74 Å². The lowest BCUT2D eigenvalue weighted by Crippen LogP contribution is -2.31. The summed E-state index contributed by atoms with van der Waals surface area (Å²) in [4.78, 5) is 14.8. The molecule has 0 radical (unpaired) electrons.